The third-order valence-electron chi connectivity index (χ3n) is 16.9. The summed E-state index contributed by atoms with van der Waals surface area (Å²) in [5, 5.41) is 9.29. The number of piperidine rings is 1. The Morgan fingerprint density at radius 3 is 2.25 bits per heavy atom. The second-order valence-electron chi connectivity index (χ2n) is 23.3. The Balaban J connectivity index is 0.749. The molecule has 87 heavy (non-hydrogen) atoms. The van der Waals surface area contributed by atoms with Crippen LogP contribution in [0.2, 0.25) is 5.02 Å². The molecule has 4 aromatic carbocycles. The fourth-order valence-corrected chi connectivity index (χ4v) is 15.2. The maximum absolute atomic E-state index is 14.4. The first-order valence-corrected chi connectivity index (χ1v) is 33.8. The van der Waals surface area contributed by atoms with Crippen molar-refractivity contribution in [3.63, 3.8) is 0 Å². The highest BCUT2D eigenvalue weighted by Gasteiger charge is 2.49. The standard InChI is InChI=1S/C62H74ClF3N10O8S3/c1-61(43-74-29-33-76(34-30-74)57-20-14-48(40-67-57)68-55-19-21-58(77)70-60(55)79)24-22-53(44-8-12-47(63)13-9-44)46(39-61)41-73-27-31-75(32-28-73)50-15-10-45(11-16-50)59(78)71-87(82,83)52-17-18-54(56(38-52)86(80,81)62(64,65)66)69-49(42-85-51-6-3-2-4-7-51)23-26-72-25-5-36-84-37-35-72/h2-4,6-18,20,38,40,49,55,68-69H,5,19,21-37,39,41-43H2,1H3,(H,71,78)(H,70,77,79)/t49-,55?,61-/m1/s1. The lowest BCUT2D eigenvalue weighted by molar-refractivity contribution is -0.133. The normalized spacial score (nSPS) is 21.0. The highest BCUT2D eigenvalue weighted by Crippen LogP contribution is 2.44. The number of nitrogens with one attached hydrogen (secondary N) is 4. The van der Waals surface area contributed by atoms with Crippen molar-refractivity contribution < 1.29 is 49.1 Å². The number of alkyl halides is 3. The van der Waals surface area contributed by atoms with E-state index in [1.807, 2.05) is 59.3 Å². The summed E-state index contributed by atoms with van der Waals surface area (Å²) in [7, 11) is -11.0. The van der Waals surface area contributed by atoms with Crippen molar-refractivity contribution in [3.8, 4) is 0 Å². The number of piperazine rings is 2. The number of halogens is 4. The number of hydrogen-bond acceptors (Lipinski definition) is 17. The summed E-state index contributed by atoms with van der Waals surface area (Å²) in [5.74, 6) is -0.380. The fraction of sp³-hybridized carbons (Fsp3) is 0.452. The van der Waals surface area contributed by atoms with Crippen LogP contribution in [0.3, 0.4) is 0 Å². The monoisotopic (exact) mass is 1270 g/mol. The van der Waals surface area contributed by atoms with Crippen LogP contribution in [0.15, 0.2) is 136 Å². The molecule has 4 fully saturated rings. The van der Waals surface area contributed by atoms with E-state index >= 15 is 0 Å². The van der Waals surface area contributed by atoms with E-state index < -0.39 is 58.8 Å². The van der Waals surface area contributed by atoms with Crippen molar-refractivity contribution in [2.75, 3.05) is 124 Å². The molecule has 0 spiro atoms. The van der Waals surface area contributed by atoms with Gasteiger partial charge in [-0.3, -0.25) is 29.5 Å². The number of hydrogen-bond donors (Lipinski definition) is 4. The third-order valence-corrected chi connectivity index (χ3v) is 21.2. The van der Waals surface area contributed by atoms with Crippen molar-refractivity contribution in [2.45, 2.75) is 84.1 Å². The zero-order valence-corrected chi connectivity index (χ0v) is 51.8. The third kappa shape index (κ3) is 16.5. The van der Waals surface area contributed by atoms with E-state index in [9.17, 15) is 44.4 Å². The van der Waals surface area contributed by atoms with Crippen molar-refractivity contribution in [2.24, 2.45) is 5.41 Å². The van der Waals surface area contributed by atoms with E-state index in [0.29, 0.717) is 75.5 Å². The largest absolute Gasteiger partial charge is 0.501 e. The van der Waals surface area contributed by atoms with Gasteiger partial charge >= 0.3 is 5.51 Å². The average molecular weight is 1280 g/mol. The average Bonchev–Trinajstić information content (AvgIpc) is 2.90. The lowest BCUT2D eigenvalue weighted by Crippen LogP contribution is -2.50. The van der Waals surface area contributed by atoms with Gasteiger partial charge < -0.3 is 30.1 Å². The number of imide groups is 1. The van der Waals surface area contributed by atoms with Crippen molar-refractivity contribution in [3.05, 3.63) is 137 Å². The number of pyridine rings is 1. The van der Waals surface area contributed by atoms with Crippen LogP contribution in [0, 0.1) is 5.41 Å². The molecule has 18 nitrogen and oxygen atoms in total. The number of nitrogens with zero attached hydrogens (tertiary/aromatic N) is 6. The first kappa shape index (κ1) is 63.8. The molecule has 1 aromatic heterocycles. The minimum atomic E-state index is -6.09. The Kier molecular flexibility index (Phi) is 20.6. The Morgan fingerprint density at radius 2 is 1.55 bits per heavy atom. The van der Waals surface area contributed by atoms with Gasteiger partial charge in [-0.25, -0.2) is 26.5 Å². The van der Waals surface area contributed by atoms with Gasteiger partial charge in [-0.05, 0) is 134 Å². The second kappa shape index (κ2) is 28.1. The molecule has 3 amide bonds. The van der Waals surface area contributed by atoms with Gasteiger partial charge in [-0.1, -0.05) is 54.4 Å². The Hall–Kier alpha value is -6.25. The molecular formula is C62H74ClF3N10O8S3. The number of amides is 3. The van der Waals surface area contributed by atoms with E-state index in [1.54, 1.807) is 18.3 Å². The molecule has 5 aromatic rings. The van der Waals surface area contributed by atoms with Gasteiger partial charge in [0.15, 0.2) is 0 Å². The number of allylic oxidation sites excluding steroid dienone is 1. The molecule has 0 saturated carbocycles. The van der Waals surface area contributed by atoms with Crippen LogP contribution in [-0.2, 0) is 34.2 Å². The van der Waals surface area contributed by atoms with Gasteiger partial charge in [-0.15, -0.1) is 11.8 Å². The van der Waals surface area contributed by atoms with E-state index in [4.69, 9.17) is 21.3 Å². The van der Waals surface area contributed by atoms with E-state index in [0.717, 1.165) is 119 Å². The quantitative estimate of drug-likeness (QED) is 0.0401. The highest BCUT2D eigenvalue weighted by atomic mass is 35.5. The molecule has 1 unspecified atom stereocenters. The zero-order chi connectivity index (χ0) is 61.3. The second-order valence-corrected chi connectivity index (χ2v) is 28.4. The summed E-state index contributed by atoms with van der Waals surface area (Å²) in [5.41, 5.74) is -0.653. The van der Waals surface area contributed by atoms with Gasteiger partial charge in [0.2, 0.25) is 11.8 Å². The first-order chi connectivity index (χ1) is 41.7. The van der Waals surface area contributed by atoms with E-state index in [2.05, 4.69) is 59.5 Å². The smallest absolute Gasteiger partial charge is 0.380 e. The summed E-state index contributed by atoms with van der Waals surface area (Å²) in [6.07, 6.45) is 6.64. The molecule has 466 valence electrons. The molecule has 0 radical (unpaired) electrons. The molecule has 10 rings (SSSR count). The lowest BCUT2D eigenvalue weighted by Gasteiger charge is -2.44. The molecule has 4 N–H and O–H groups in total. The molecule has 4 aliphatic heterocycles. The molecule has 0 bridgehead atoms. The summed E-state index contributed by atoms with van der Waals surface area (Å²) in [4.78, 5) is 52.7. The number of anilines is 4. The Bertz CT molecular complexity index is 3480. The van der Waals surface area contributed by atoms with Gasteiger partial charge in [-0.2, -0.15) is 13.2 Å². The van der Waals surface area contributed by atoms with Gasteiger partial charge in [0, 0.05) is 131 Å². The first-order valence-electron chi connectivity index (χ1n) is 29.5. The summed E-state index contributed by atoms with van der Waals surface area (Å²) in [6.45, 7) is 13.7. The van der Waals surface area contributed by atoms with Crippen LogP contribution in [0.25, 0.3) is 5.57 Å². The van der Waals surface area contributed by atoms with Crippen LogP contribution < -0.4 is 30.5 Å². The Labute approximate surface area is 516 Å². The number of thioether (sulfide) groups is 1. The number of carbonyl (C=O) groups is 3. The molecular weight excluding hydrogens is 1200 g/mol. The minimum absolute atomic E-state index is 0.0223. The van der Waals surface area contributed by atoms with Crippen molar-refractivity contribution >= 4 is 89.4 Å². The van der Waals surface area contributed by atoms with Gasteiger partial charge in [0.05, 0.1) is 29.1 Å². The predicted octanol–water partition coefficient (Wildman–Crippen LogP) is 8.64. The molecule has 5 aliphatic rings. The zero-order valence-electron chi connectivity index (χ0n) is 48.6. The van der Waals surface area contributed by atoms with Gasteiger partial charge in [0.1, 0.15) is 16.8 Å². The maximum atomic E-state index is 14.4. The predicted molar refractivity (Wildman–Crippen MR) is 334 cm³/mol. The number of ether oxygens (including phenoxy) is 1. The molecule has 4 saturated heterocycles. The molecule has 25 heteroatoms. The van der Waals surface area contributed by atoms with Crippen LogP contribution in [0.5, 0.6) is 0 Å². The van der Waals surface area contributed by atoms with Crippen LogP contribution in [0.4, 0.5) is 36.1 Å². The SMILES string of the molecule is C[C@@]1(CN2CCN(c3ccc(NC4CCC(=O)NC4=O)cn3)CC2)CCC(c2ccc(Cl)cc2)=C(CN2CCN(c3ccc(C(=O)NS(=O)(=O)c4ccc(N[C@H](CCN5CCCOCC5)CSc5ccccc5)c(S(=O)(=O)C(F)(F)F)c4)cc3)CC2)C1. The van der Waals surface area contributed by atoms with Crippen molar-refractivity contribution in [1.82, 2.24) is 29.7 Å². The summed E-state index contributed by atoms with van der Waals surface area (Å²) >= 11 is 7.81. The lowest BCUT2D eigenvalue weighted by atomic mass is 9.71. The number of aromatic nitrogens is 1. The van der Waals surface area contributed by atoms with Crippen LogP contribution in [-0.4, -0.2) is 176 Å². The number of sulfone groups is 1. The highest BCUT2D eigenvalue weighted by molar-refractivity contribution is 7.99. The molecule has 3 atom stereocenters. The number of sulfonamides is 1. The van der Waals surface area contributed by atoms with Crippen molar-refractivity contribution in [1.29, 1.82) is 0 Å². The Morgan fingerprint density at radius 1 is 0.828 bits per heavy atom. The van der Waals surface area contributed by atoms with Crippen LogP contribution >= 0.6 is 23.4 Å². The minimum Gasteiger partial charge on any atom is -0.380 e. The molecule has 1 aliphatic carbocycles. The van der Waals surface area contributed by atoms with E-state index in [1.165, 1.54) is 40.6 Å². The van der Waals surface area contributed by atoms with E-state index in [-0.39, 0.29) is 22.8 Å². The maximum Gasteiger partial charge on any atom is 0.501 e. The molecule has 5 heterocycles. The van der Waals surface area contributed by atoms with Gasteiger partial charge in [0.25, 0.3) is 25.8 Å². The number of benzene rings is 4. The topological polar surface area (TPSA) is 206 Å². The number of carbonyl (C=O) groups excluding carboxylic acids is 3. The summed E-state index contributed by atoms with van der Waals surface area (Å²) in [6, 6.07) is 29.2. The number of rotatable bonds is 21. The fourth-order valence-electron chi connectivity index (χ4n) is 12.1. The van der Waals surface area contributed by atoms with Crippen LogP contribution in [0.1, 0.15) is 67.8 Å². The summed E-state index contributed by atoms with van der Waals surface area (Å²) < 4.78 is 105.